The average Bonchev–Trinajstić information content (AvgIpc) is 1.88. The van der Waals surface area contributed by atoms with Gasteiger partial charge in [-0.05, 0) is 0 Å². The first-order valence-electron chi connectivity index (χ1n) is 2.49. The van der Waals surface area contributed by atoms with E-state index in [9.17, 15) is 8.78 Å². The van der Waals surface area contributed by atoms with E-state index >= 15 is 0 Å². The zero-order chi connectivity index (χ0) is 7.56. The molecule has 0 saturated heterocycles. The molecule has 1 heterocycles. The van der Waals surface area contributed by atoms with Crippen molar-refractivity contribution in [3.05, 3.63) is 18.1 Å². The normalized spacial score (nSPS) is 10.3. The number of rotatable bonds is 1. The highest BCUT2D eigenvalue weighted by molar-refractivity contribution is 5.05. The molecule has 0 saturated carbocycles. The maximum absolute atomic E-state index is 11.7. The first-order chi connectivity index (χ1) is 4.70. The number of alkyl halides is 2. The maximum atomic E-state index is 11.7. The summed E-state index contributed by atoms with van der Waals surface area (Å²) in [6, 6.07) is 0. The Hall–Kier alpha value is -1.26. The van der Waals surface area contributed by atoms with Gasteiger partial charge in [0, 0.05) is 0 Å². The summed E-state index contributed by atoms with van der Waals surface area (Å²) < 4.78 is 23.4. The van der Waals surface area contributed by atoms with Gasteiger partial charge in [-0.1, -0.05) is 0 Å². The lowest BCUT2D eigenvalue weighted by Gasteiger charge is -1.95. The Kier molecular flexibility index (Phi) is 1.75. The lowest BCUT2D eigenvalue weighted by Crippen LogP contribution is -1.89. The van der Waals surface area contributed by atoms with E-state index in [-0.39, 0.29) is 5.88 Å². The van der Waals surface area contributed by atoms with Crippen LogP contribution >= 0.6 is 0 Å². The van der Waals surface area contributed by atoms with Crippen LogP contribution in [0.1, 0.15) is 12.1 Å². The molecule has 0 aliphatic carbocycles. The van der Waals surface area contributed by atoms with Crippen LogP contribution in [0.15, 0.2) is 12.4 Å². The van der Waals surface area contributed by atoms with Gasteiger partial charge in [-0.2, -0.15) is 0 Å². The van der Waals surface area contributed by atoms with Crippen LogP contribution in [0.4, 0.5) is 8.78 Å². The largest absolute Gasteiger partial charge is 0.492 e. The van der Waals surface area contributed by atoms with Gasteiger partial charge in [0.15, 0.2) is 0 Å². The predicted octanol–water partition coefficient (Wildman–Crippen LogP) is 1.12. The Morgan fingerprint density at radius 1 is 1.30 bits per heavy atom. The van der Waals surface area contributed by atoms with Gasteiger partial charge in [0.05, 0.1) is 12.4 Å². The van der Waals surface area contributed by atoms with Gasteiger partial charge in [-0.25, -0.2) is 18.7 Å². The lowest BCUT2D eigenvalue weighted by atomic mass is 10.5. The van der Waals surface area contributed by atoms with E-state index in [0.29, 0.717) is 0 Å². The van der Waals surface area contributed by atoms with E-state index in [4.69, 9.17) is 5.11 Å². The second-order valence-corrected chi connectivity index (χ2v) is 1.60. The van der Waals surface area contributed by atoms with E-state index in [1.165, 1.54) is 0 Å². The summed E-state index contributed by atoms with van der Waals surface area (Å²) in [5.74, 6) is -0.357. The number of halogens is 2. The van der Waals surface area contributed by atoms with Gasteiger partial charge in [-0.3, -0.25) is 0 Å². The maximum Gasteiger partial charge on any atom is 0.281 e. The molecular formula is C5H4F2N2O. The third-order valence-electron chi connectivity index (χ3n) is 0.882. The molecule has 1 rings (SSSR count). The zero-order valence-corrected chi connectivity index (χ0v) is 4.83. The summed E-state index contributed by atoms with van der Waals surface area (Å²) in [7, 11) is 0. The van der Waals surface area contributed by atoms with Crippen molar-refractivity contribution in [3.8, 4) is 5.88 Å². The molecule has 0 bridgehead atoms. The molecule has 0 unspecified atom stereocenters. The molecule has 0 spiro atoms. The highest BCUT2D eigenvalue weighted by atomic mass is 19.3. The molecule has 0 aliphatic rings. The molecule has 0 aliphatic heterocycles. The summed E-state index contributed by atoms with van der Waals surface area (Å²) in [4.78, 5) is 6.43. The van der Waals surface area contributed by atoms with Crippen molar-refractivity contribution >= 4 is 0 Å². The van der Waals surface area contributed by atoms with Crippen LogP contribution in [0, 0.1) is 0 Å². The van der Waals surface area contributed by atoms with Crippen molar-refractivity contribution in [2.45, 2.75) is 6.43 Å². The highest BCUT2D eigenvalue weighted by Crippen LogP contribution is 2.15. The van der Waals surface area contributed by atoms with Gasteiger partial charge in [0.1, 0.15) is 5.69 Å². The van der Waals surface area contributed by atoms with Crippen LogP contribution in [0.3, 0.4) is 0 Å². The number of aromatic hydroxyl groups is 1. The summed E-state index contributed by atoms with van der Waals surface area (Å²) >= 11 is 0. The molecule has 5 heteroatoms. The summed E-state index contributed by atoms with van der Waals surface area (Å²) in [5, 5.41) is 8.52. The van der Waals surface area contributed by atoms with Crippen LogP contribution in [0.25, 0.3) is 0 Å². The molecule has 0 amide bonds. The number of hydrogen-bond donors (Lipinski definition) is 1. The van der Waals surface area contributed by atoms with Gasteiger partial charge >= 0.3 is 0 Å². The van der Waals surface area contributed by atoms with Crippen LogP contribution in [-0.4, -0.2) is 15.1 Å². The summed E-state index contributed by atoms with van der Waals surface area (Å²) in [6.45, 7) is 0. The van der Waals surface area contributed by atoms with Crippen molar-refractivity contribution < 1.29 is 13.9 Å². The third-order valence-corrected chi connectivity index (χ3v) is 0.882. The number of nitrogens with zero attached hydrogens (tertiary/aromatic N) is 2. The van der Waals surface area contributed by atoms with Crippen LogP contribution in [0.5, 0.6) is 5.88 Å². The zero-order valence-electron chi connectivity index (χ0n) is 4.83. The van der Waals surface area contributed by atoms with Crippen molar-refractivity contribution in [1.29, 1.82) is 0 Å². The van der Waals surface area contributed by atoms with Gasteiger partial charge < -0.3 is 5.11 Å². The minimum absolute atomic E-state index is 0.357. The number of aromatic nitrogens is 2. The molecule has 1 N–H and O–H groups in total. The fourth-order valence-electron chi connectivity index (χ4n) is 0.444. The molecule has 10 heavy (non-hydrogen) atoms. The molecule has 0 radical (unpaired) electrons. The lowest BCUT2D eigenvalue weighted by molar-refractivity contribution is 0.145. The van der Waals surface area contributed by atoms with Crippen LogP contribution < -0.4 is 0 Å². The summed E-state index contributed by atoms with van der Waals surface area (Å²) in [5.41, 5.74) is -0.433. The van der Waals surface area contributed by atoms with Crippen LogP contribution in [0.2, 0.25) is 0 Å². The Balaban J connectivity index is 2.89. The molecule has 1 aromatic heterocycles. The molecule has 0 fully saturated rings. The van der Waals surface area contributed by atoms with Crippen molar-refractivity contribution in [2.24, 2.45) is 0 Å². The van der Waals surface area contributed by atoms with Crippen molar-refractivity contribution in [2.75, 3.05) is 0 Å². The van der Waals surface area contributed by atoms with Crippen molar-refractivity contribution in [1.82, 2.24) is 9.97 Å². The second kappa shape index (κ2) is 2.55. The smallest absolute Gasteiger partial charge is 0.281 e. The van der Waals surface area contributed by atoms with Gasteiger partial charge in [0.2, 0.25) is 5.88 Å². The highest BCUT2D eigenvalue weighted by Gasteiger charge is 2.07. The fraction of sp³-hybridized carbons (Fsp3) is 0.200. The molecule has 1 aromatic rings. The Morgan fingerprint density at radius 2 is 2.00 bits per heavy atom. The Morgan fingerprint density at radius 3 is 2.40 bits per heavy atom. The minimum Gasteiger partial charge on any atom is -0.492 e. The van der Waals surface area contributed by atoms with Crippen molar-refractivity contribution in [3.63, 3.8) is 0 Å². The first kappa shape index (κ1) is 6.85. The summed E-state index contributed by atoms with van der Waals surface area (Å²) in [6.07, 6.45) is -0.922. The molecule has 3 nitrogen and oxygen atoms in total. The average molecular weight is 146 g/mol. The standard InChI is InChI=1S/C5H4F2N2O/c6-5(7)3-1-9-4(10)2-8-3/h1-2,5H,(H,9,10). The fourth-order valence-corrected chi connectivity index (χ4v) is 0.444. The van der Waals surface area contributed by atoms with E-state index in [2.05, 4.69) is 9.97 Å². The van der Waals surface area contributed by atoms with E-state index in [1.54, 1.807) is 0 Å². The Bertz CT molecular complexity index is 211. The topological polar surface area (TPSA) is 46.0 Å². The first-order valence-corrected chi connectivity index (χ1v) is 2.49. The quantitative estimate of drug-likeness (QED) is 0.645. The number of hydrogen-bond acceptors (Lipinski definition) is 3. The molecular weight excluding hydrogens is 142 g/mol. The molecule has 0 aromatic carbocycles. The van der Waals surface area contributed by atoms with E-state index < -0.39 is 12.1 Å². The van der Waals surface area contributed by atoms with E-state index in [1.807, 2.05) is 0 Å². The molecule has 0 atom stereocenters. The third kappa shape index (κ3) is 1.37. The SMILES string of the molecule is Oc1cnc(C(F)F)cn1. The van der Waals surface area contributed by atoms with Gasteiger partial charge in [0.25, 0.3) is 6.43 Å². The Labute approximate surface area is 55.4 Å². The van der Waals surface area contributed by atoms with E-state index in [0.717, 1.165) is 12.4 Å². The van der Waals surface area contributed by atoms with Crippen LogP contribution in [-0.2, 0) is 0 Å². The predicted molar refractivity (Wildman–Crippen MR) is 28.7 cm³/mol. The second-order valence-electron chi connectivity index (χ2n) is 1.60. The molecule has 54 valence electrons. The minimum atomic E-state index is -2.63. The monoisotopic (exact) mass is 146 g/mol. The van der Waals surface area contributed by atoms with Gasteiger partial charge in [-0.15, -0.1) is 0 Å².